The van der Waals surface area contributed by atoms with E-state index in [1.807, 2.05) is 31.2 Å². The van der Waals surface area contributed by atoms with Gasteiger partial charge in [-0.3, -0.25) is 0 Å². The van der Waals surface area contributed by atoms with E-state index in [0.717, 1.165) is 18.4 Å². The summed E-state index contributed by atoms with van der Waals surface area (Å²) in [6, 6.07) is 0. The van der Waals surface area contributed by atoms with Crippen LogP contribution in [0.1, 0.15) is 58.8 Å². The number of allylic oxidation sites excluding steroid dienone is 7. The first-order chi connectivity index (χ1) is 10.8. The zero-order valence-electron chi connectivity index (χ0n) is 14.1. The van der Waals surface area contributed by atoms with E-state index >= 15 is 0 Å². The third kappa shape index (κ3) is 8.02. The van der Waals surface area contributed by atoms with Crippen LogP contribution in [-0.2, 0) is 9.53 Å². The van der Waals surface area contributed by atoms with E-state index < -0.39 is 0 Å². The number of hydrogen-bond acceptors (Lipinski definition) is 2. The van der Waals surface area contributed by atoms with Crippen LogP contribution in [0.15, 0.2) is 48.1 Å². The first kappa shape index (κ1) is 18.5. The summed E-state index contributed by atoms with van der Waals surface area (Å²) in [6.45, 7) is 4.50. The van der Waals surface area contributed by atoms with E-state index in [2.05, 4.69) is 19.1 Å². The second-order valence-electron chi connectivity index (χ2n) is 5.67. The number of esters is 1. The van der Waals surface area contributed by atoms with E-state index in [1.54, 1.807) is 6.08 Å². The summed E-state index contributed by atoms with van der Waals surface area (Å²) < 4.78 is 5.07. The average Bonchev–Trinajstić information content (AvgIpc) is 2.79. The molecule has 0 heterocycles. The van der Waals surface area contributed by atoms with Crippen molar-refractivity contribution in [2.45, 2.75) is 58.8 Å². The van der Waals surface area contributed by atoms with Crippen molar-refractivity contribution in [1.29, 1.82) is 0 Å². The largest absolute Gasteiger partial charge is 0.463 e. The fraction of sp³-hybridized carbons (Fsp3) is 0.550. The highest BCUT2D eigenvalue weighted by Crippen LogP contribution is 2.23. The van der Waals surface area contributed by atoms with Crippen molar-refractivity contribution in [3.63, 3.8) is 0 Å². The molecule has 0 aromatic rings. The van der Waals surface area contributed by atoms with Crippen molar-refractivity contribution in [1.82, 2.24) is 0 Å². The van der Waals surface area contributed by atoms with Gasteiger partial charge in [0.15, 0.2) is 0 Å². The number of rotatable bonds is 10. The van der Waals surface area contributed by atoms with Crippen LogP contribution in [0.25, 0.3) is 0 Å². The summed E-state index contributed by atoms with van der Waals surface area (Å²) in [5, 5.41) is 0. The monoisotopic (exact) mass is 302 g/mol. The summed E-state index contributed by atoms with van der Waals surface area (Å²) in [5.74, 6) is -0.0162. The Hall–Kier alpha value is -1.57. The van der Waals surface area contributed by atoms with Crippen molar-refractivity contribution < 1.29 is 9.53 Å². The summed E-state index contributed by atoms with van der Waals surface area (Å²) in [4.78, 5) is 11.8. The van der Waals surface area contributed by atoms with Crippen LogP contribution >= 0.6 is 0 Å². The van der Waals surface area contributed by atoms with Gasteiger partial charge in [-0.2, -0.15) is 0 Å². The average molecular weight is 302 g/mol. The first-order valence-corrected chi connectivity index (χ1v) is 8.66. The lowest BCUT2D eigenvalue weighted by atomic mass is 9.92. The maximum absolute atomic E-state index is 11.8. The van der Waals surface area contributed by atoms with Crippen LogP contribution in [-0.4, -0.2) is 12.6 Å². The first-order valence-electron chi connectivity index (χ1n) is 8.66. The molecule has 0 amide bonds. The minimum absolute atomic E-state index is 0.204. The Balaban J connectivity index is 2.56. The molecule has 0 atom stereocenters. The Kier molecular flexibility index (Phi) is 10.1. The van der Waals surface area contributed by atoms with Crippen molar-refractivity contribution in [3.8, 4) is 0 Å². The highest BCUT2D eigenvalue weighted by Gasteiger charge is 2.11. The molecule has 2 nitrogen and oxygen atoms in total. The fourth-order valence-corrected chi connectivity index (χ4v) is 2.59. The molecule has 0 spiro atoms. The molecule has 0 saturated heterocycles. The fourth-order valence-electron chi connectivity index (χ4n) is 2.59. The maximum Gasteiger partial charge on any atom is 0.330 e. The number of unbranched alkanes of at least 4 members (excludes halogenated alkanes) is 5. The van der Waals surface area contributed by atoms with Crippen LogP contribution in [0.5, 0.6) is 0 Å². The van der Waals surface area contributed by atoms with Gasteiger partial charge in [0.25, 0.3) is 0 Å². The lowest BCUT2D eigenvalue weighted by molar-refractivity contribution is -0.137. The molecule has 2 heteroatoms. The molecule has 0 N–H and O–H groups in total. The molecule has 0 aliphatic heterocycles. The standard InChI is InChI=1S/C20H30O2/c1-3-5-6-7-8-13-16-19(17-20(21)22-4-2)18-14-11-9-10-12-15-18/h9-12,14-15,17-18H,3-8,13,16H2,1-2H3/b19-17-. The molecular formula is C20H30O2. The van der Waals surface area contributed by atoms with Gasteiger partial charge in [0.2, 0.25) is 0 Å². The molecule has 0 bridgehead atoms. The highest BCUT2D eigenvalue weighted by atomic mass is 16.5. The summed E-state index contributed by atoms with van der Waals surface area (Å²) in [6.07, 6.45) is 22.7. The number of carbonyl (C=O) groups excluding carboxylic acids is 1. The van der Waals surface area contributed by atoms with Crippen LogP contribution in [0, 0.1) is 5.92 Å². The van der Waals surface area contributed by atoms with Crippen molar-refractivity contribution in [3.05, 3.63) is 48.1 Å². The van der Waals surface area contributed by atoms with Crippen molar-refractivity contribution in [2.75, 3.05) is 6.61 Å². The van der Waals surface area contributed by atoms with Gasteiger partial charge in [-0.05, 0) is 19.8 Å². The predicted molar refractivity (Wildman–Crippen MR) is 93.6 cm³/mol. The minimum atomic E-state index is -0.220. The lowest BCUT2D eigenvalue weighted by Gasteiger charge is -2.13. The Morgan fingerprint density at radius 3 is 2.23 bits per heavy atom. The Morgan fingerprint density at radius 2 is 1.59 bits per heavy atom. The third-order valence-corrected chi connectivity index (χ3v) is 3.81. The van der Waals surface area contributed by atoms with Crippen LogP contribution < -0.4 is 0 Å². The Morgan fingerprint density at radius 1 is 0.955 bits per heavy atom. The van der Waals surface area contributed by atoms with Crippen LogP contribution in [0.3, 0.4) is 0 Å². The van der Waals surface area contributed by atoms with Crippen LogP contribution in [0.2, 0.25) is 0 Å². The molecule has 0 fully saturated rings. The lowest BCUT2D eigenvalue weighted by Crippen LogP contribution is -2.05. The van der Waals surface area contributed by atoms with Gasteiger partial charge < -0.3 is 4.74 Å². The van der Waals surface area contributed by atoms with Gasteiger partial charge in [-0.1, -0.05) is 81.1 Å². The molecule has 0 aromatic heterocycles. The van der Waals surface area contributed by atoms with Gasteiger partial charge in [0, 0.05) is 12.0 Å². The van der Waals surface area contributed by atoms with Gasteiger partial charge >= 0.3 is 5.97 Å². The van der Waals surface area contributed by atoms with Gasteiger partial charge in [0.05, 0.1) is 6.61 Å². The number of hydrogen-bond donors (Lipinski definition) is 0. The Labute approximate surface area is 135 Å². The van der Waals surface area contributed by atoms with E-state index in [-0.39, 0.29) is 11.9 Å². The van der Waals surface area contributed by atoms with E-state index in [0.29, 0.717) is 6.61 Å². The smallest absolute Gasteiger partial charge is 0.330 e. The Bertz CT molecular complexity index is 411. The second kappa shape index (κ2) is 12.0. The van der Waals surface area contributed by atoms with Gasteiger partial charge in [-0.15, -0.1) is 0 Å². The summed E-state index contributed by atoms with van der Waals surface area (Å²) in [7, 11) is 0. The molecular weight excluding hydrogens is 272 g/mol. The molecule has 0 unspecified atom stereocenters. The second-order valence-corrected chi connectivity index (χ2v) is 5.67. The zero-order valence-corrected chi connectivity index (χ0v) is 14.1. The number of carbonyl (C=O) groups is 1. The van der Waals surface area contributed by atoms with E-state index in [1.165, 1.54) is 32.1 Å². The molecule has 1 aliphatic carbocycles. The zero-order chi connectivity index (χ0) is 16.0. The third-order valence-electron chi connectivity index (χ3n) is 3.81. The molecule has 122 valence electrons. The molecule has 0 saturated carbocycles. The molecule has 0 radical (unpaired) electrons. The molecule has 1 aliphatic rings. The van der Waals surface area contributed by atoms with Gasteiger partial charge in [-0.25, -0.2) is 4.79 Å². The van der Waals surface area contributed by atoms with Gasteiger partial charge in [0.1, 0.15) is 0 Å². The quantitative estimate of drug-likeness (QED) is 0.301. The van der Waals surface area contributed by atoms with E-state index in [9.17, 15) is 4.79 Å². The minimum Gasteiger partial charge on any atom is -0.463 e. The van der Waals surface area contributed by atoms with Crippen LogP contribution in [0.4, 0.5) is 0 Å². The number of ether oxygens (including phenoxy) is 1. The summed E-state index contributed by atoms with van der Waals surface area (Å²) in [5.41, 5.74) is 1.16. The molecule has 0 aromatic carbocycles. The highest BCUT2D eigenvalue weighted by molar-refractivity contribution is 5.83. The molecule has 22 heavy (non-hydrogen) atoms. The summed E-state index contributed by atoms with van der Waals surface area (Å²) >= 11 is 0. The topological polar surface area (TPSA) is 26.3 Å². The van der Waals surface area contributed by atoms with Crippen molar-refractivity contribution in [2.24, 2.45) is 5.92 Å². The maximum atomic E-state index is 11.8. The normalized spacial score (nSPS) is 15.1. The van der Waals surface area contributed by atoms with Crippen molar-refractivity contribution >= 4 is 5.97 Å². The SMILES string of the molecule is CCCCCCCC/C(=C/C(=O)OCC)C1C=CC=CC=C1. The van der Waals surface area contributed by atoms with E-state index in [4.69, 9.17) is 4.74 Å². The predicted octanol–water partition coefficient (Wildman–Crippen LogP) is 5.52. The molecule has 1 rings (SSSR count).